The largest absolute Gasteiger partial charge is 0.322 e. The van der Waals surface area contributed by atoms with Gasteiger partial charge in [0, 0.05) is 27.8 Å². The second-order valence-corrected chi connectivity index (χ2v) is 5.63. The number of hydrogen-bond acceptors (Lipinski definition) is 4. The highest BCUT2D eigenvalue weighted by Crippen LogP contribution is 2.27. The molecule has 2 rings (SSSR count). The Morgan fingerprint density at radius 3 is 2.43 bits per heavy atom. The first-order valence-corrected chi connectivity index (χ1v) is 7.36. The molecule has 8 heteroatoms. The van der Waals surface area contributed by atoms with E-state index in [-0.39, 0.29) is 16.8 Å². The Morgan fingerprint density at radius 2 is 1.87 bits per heavy atom. The van der Waals surface area contributed by atoms with Crippen LogP contribution in [0, 0.1) is 17.0 Å². The van der Waals surface area contributed by atoms with Gasteiger partial charge in [-0.05, 0) is 37.3 Å². The lowest BCUT2D eigenvalue weighted by Crippen LogP contribution is -2.14. The molecule has 0 aliphatic heterocycles. The number of amides is 1. The summed E-state index contributed by atoms with van der Waals surface area (Å²) in [6.07, 6.45) is 0. The molecule has 0 spiro atoms. The normalized spacial score (nSPS) is 10.6. The number of thioether (sulfide) groups is 1. The van der Waals surface area contributed by atoms with Crippen LogP contribution in [-0.2, 0) is 0 Å². The van der Waals surface area contributed by atoms with E-state index in [9.17, 15) is 23.7 Å². The summed E-state index contributed by atoms with van der Waals surface area (Å²) in [4.78, 5) is 22.9. The molecule has 23 heavy (non-hydrogen) atoms. The third-order valence-corrected chi connectivity index (χ3v) is 3.81. The highest BCUT2D eigenvalue weighted by atomic mass is 32.2. The fraction of sp³-hybridized carbons (Fsp3) is 0.133. The molecule has 0 heterocycles. The number of alkyl halides is 2. The maximum Gasteiger partial charge on any atom is 0.288 e. The summed E-state index contributed by atoms with van der Waals surface area (Å²) < 4.78 is 24.5. The monoisotopic (exact) mass is 338 g/mol. The summed E-state index contributed by atoms with van der Waals surface area (Å²) in [7, 11) is 0. The van der Waals surface area contributed by atoms with Gasteiger partial charge < -0.3 is 5.32 Å². The number of carbonyl (C=O) groups excluding carboxylic acids is 1. The van der Waals surface area contributed by atoms with Crippen molar-refractivity contribution in [3.05, 3.63) is 63.7 Å². The Kier molecular flexibility index (Phi) is 5.28. The molecular formula is C15H12F2N2O3S. The van der Waals surface area contributed by atoms with Crippen molar-refractivity contribution in [3.8, 4) is 0 Å². The van der Waals surface area contributed by atoms with Crippen LogP contribution < -0.4 is 5.32 Å². The van der Waals surface area contributed by atoms with Gasteiger partial charge in [0.05, 0.1) is 4.92 Å². The van der Waals surface area contributed by atoms with E-state index in [1.165, 1.54) is 49.4 Å². The molecule has 0 fully saturated rings. The van der Waals surface area contributed by atoms with Crippen molar-refractivity contribution in [2.75, 3.05) is 5.32 Å². The van der Waals surface area contributed by atoms with Crippen molar-refractivity contribution in [3.63, 3.8) is 0 Å². The van der Waals surface area contributed by atoms with Crippen LogP contribution >= 0.6 is 11.8 Å². The van der Waals surface area contributed by atoms with Crippen LogP contribution in [0.1, 0.15) is 15.9 Å². The molecular weight excluding hydrogens is 326 g/mol. The van der Waals surface area contributed by atoms with Crippen LogP contribution in [0.2, 0.25) is 0 Å². The van der Waals surface area contributed by atoms with Gasteiger partial charge in [0.15, 0.2) is 0 Å². The molecule has 2 aromatic carbocycles. The molecule has 0 radical (unpaired) electrons. The highest BCUT2D eigenvalue weighted by Gasteiger charge is 2.18. The minimum atomic E-state index is -2.51. The first-order chi connectivity index (χ1) is 10.9. The number of nitrogens with zero attached hydrogens (tertiary/aromatic N) is 1. The number of rotatable bonds is 5. The van der Waals surface area contributed by atoms with Crippen LogP contribution in [0.25, 0.3) is 0 Å². The second-order valence-electron chi connectivity index (χ2n) is 4.56. The predicted molar refractivity (Wildman–Crippen MR) is 84.1 cm³/mol. The Bertz CT molecular complexity index is 736. The van der Waals surface area contributed by atoms with E-state index < -0.39 is 16.6 Å². The average molecular weight is 338 g/mol. The highest BCUT2D eigenvalue weighted by molar-refractivity contribution is 7.99. The fourth-order valence-electron chi connectivity index (χ4n) is 1.99. The number of carbonyl (C=O) groups is 1. The van der Waals surface area contributed by atoms with E-state index in [4.69, 9.17) is 0 Å². The summed E-state index contributed by atoms with van der Waals surface area (Å²) in [5.74, 6) is -3.01. The quantitative estimate of drug-likeness (QED) is 0.496. The van der Waals surface area contributed by atoms with Crippen molar-refractivity contribution in [1.29, 1.82) is 0 Å². The van der Waals surface area contributed by atoms with Gasteiger partial charge in [-0.3, -0.25) is 14.9 Å². The number of benzene rings is 2. The number of nitrogens with one attached hydrogen (secondary N) is 1. The molecule has 0 unspecified atom stereocenters. The Morgan fingerprint density at radius 1 is 1.22 bits per heavy atom. The first kappa shape index (κ1) is 16.9. The molecule has 2 aromatic rings. The third kappa shape index (κ3) is 4.26. The van der Waals surface area contributed by atoms with Crippen molar-refractivity contribution in [2.24, 2.45) is 0 Å². The molecule has 0 atom stereocenters. The summed E-state index contributed by atoms with van der Waals surface area (Å²) in [6, 6.07) is 10.2. The summed E-state index contributed by atoms with van der Waals surface area (Å²) in [6.45, 7) is 1.50. The topological polar surface area (TPSA) is 72.2 Å². The average Bonchev–Trinajstić information content (AvgIpc) is 2.48. The minimum absolute atomic E-state index is 0.138. The molecule has 0 bridgehead atoms. The smallest absolute Gasteiger partial charge is 0.288 e. The Balaban J connectivity index is 2.16. The molecule has 1 amide bonds. The Labute approximate surface area is 134 Å². The molecule has 0 saturated heterocycles. The van der Waals surface area contributed by atoms with Gasteiger partial charge in [0.1, 0.15) is 0 Å². The fourth-order valence-corrected chi connectivity index (χ4v) is 2.48. The van der Waals surface area contributed by atoms with Gasteiger partial charge >= 0.3 is 0 Å². The minimum Gasteiger partial charge on any atom is -0.322 e. The molecule has 120 valence electrons. The van der Waals surface area contributed by atoms with Crippen molar-refractivity contribution >= 4 is 29.0 Å². The van der Waals surface area contributed by atoms with E-state index in [2.05, 4.69) is 5.32 Å². The SMILES string of the molecule is Cc1c(C(=O)Nc2ccc(SC(F)F)cc2)cccc1[N+](=O)[O-]. The lowest BCUT2D eigenvalue weighted by molar-refractivity contribution is -0.385. The molecule has 1 N–H and O–H groups in total. The molecule has 5 nitrogen and oxygen atoms in total. The van der Waals surface area contributed by atoms with Crippen LogP contribution in [0.4, 0.5) is 20.2 Å². The van der Waals surface area contributed by atoms with E-state index >= 15 is 0 Å². The lowest BCUT2D eigenvalue weighted by Gasteiger charge is -2.08. The summed E-state index contributed by atoms with van der Waals surface area (Å²) in [5.41, 5.74) is 0.728. The number of nitro benzene ring substituents is 1. The van der Waals surface area contributed by atoms with Gasteiger partial charge in [-0.25, -0.2) is 0 Å². The van der Waals surface area contributed by atoms with E-state index in [1.807, 2.05) is 0 Å². The second kappa shape index (κ2) is 7.19. The van der Waals surface area contributed by atoms with Crippen LogP contribution in [0.3, 0.4) is 0 Å². The van der Waals surface area contributed by atoms with Crippen LogP contribution in [0.5, 0.6) is 0 Å². The molecule has 0 aromatic heterocycles. The van der Waals surface area contributed by atoms with Gasteiger partial charge in [-0.15, -0.1) is 0 Å². The maximum atomic E-state index is 12.2. The zero-order valence-corrected chi connectivity index (χ0v) is 12.8. The van der Waals surface area contributed by atoms with Crippen LogP contribution in [0.15, 0.2) is 47.4 Å². The van der Waals surface area contributed by atoms with Crippen molar-refractivity contribution < 1.29 is 18.5 Å². The van der Waals surface area contributed by atoms with Gasteiger partial charge in [-0.2, -0.15) is 8.78 Å². The van der Waals surface area contributed by atoms with Gasteiger partial charge in [-0.1, -0.05) is 17.8 Å². The zero-order chi connectivity index (χ0) is 17.0. The van der Waals surface area contributed by atoms with E-state index in [1.54, 1.807) is 0 Å². The van der Waals surface area contributed by atoms with Crippen molar-refractivity contribution in [2.45, 2.75) is 17.6 Å². The number of halogens is 2. The maximum absolute atomic E-state index is 12.2. The van der Waals surface area contributed by atoms with Gasteiger partial charge in [0.2, 0.25) is 0 Å². The predicted octanol–water partition coefficient (Wildman–Crippen LogP) is 4.47. The number of anilines is 1. The van der Waals surface area contributed by atoms with E-state index in [0.29, 0.717) is 22.3 Å². The molecule has 0 saturated carbocycles. The third-order valence-electron chi connectivity index (χ3n) is 3.08. The first-order valence-electron chi connectivity index (χ1n) is 6.48. The molecule has 0 aliphatic carbocycles. The summed E-state index contributed by atoms with van der Waals surface area (Å²) >= 11 is 0.409. The lowest BCUT2D eigenvalue weighted by atomic mass is 10.1. The number of nitro groups is 1. The molecule has 0 aliphatic rings. The van der Waals surface area contributed by atoms with Crippen molar-refractivity contribution in [1.82, 2.24) is 0 Å². The van der Waals surface area contributed by atoms with E-state index in [0.717, 1.165) is 0 Å². The number of hydrogen-bond donors (Lipinski definition) is 1. The summed E-state index contributed by atoms with van der Waals surface area (Å²) in [5, 5.41) is 13.5. The van der Waals surface area contributed by atoms with Gasteiger partial charge in [0.25, 0.3) is 17.4 Å². The zero-order valence-electron chi connectivity index (χ0n) is 12.0. The Hall–Kier alpha value is -2.48. The standard InChI is InChI=1S/C15H12F2N2O3S/c1-9-12(3-2-4-13(9)19(21)22)14(20)18-10-5-7-11(8-6-10)23-15(16)17/h2-8,15H,1H3,(H,18,20). The van der Waals surface area contributed by atoms with Crippen LogP contribution in [-0.4, -0.2) is 16.6 Å².